The zero-order valence-corrected chi connectivity index (χ0v) is 18.9. The first-order valence-corrected chi connectivity index (χ1v) is 10.8. The zero-order valence-electron chi connectivity index (χ0n) is 18.9. The van der Waals surface area contributed by atoms with Crippen LogP contribution in [0.25, 0.3) is 0 Å². The number of nitrogens with zero attached hydrogens (tertiary/aromatic N) is 1. The fraction of sp³-hybridized carbons (Fsp3) is 0.348. The molecule has 188 valence electrons. The molecule has 1 atom stereocenters. The van der Waals surface area contributed by atoms with Crippen LogP contribution >= 0.6 is 0 Å². The second-order valence-corrected chi connectivity index (χ2v) is 8.07. The number of benzene rings is 2. The van der Waals surface area contributed by atoms with E-state index in [4.69, 9.17) is 10.5 Å². The molecule has 4 amide bonds. The molecule has 0 aliphatic carbocycles. The molecule has 0 saturated carbocycles. The van der Waals surface area contributed by atoms with Crippen LogP contribution in [0.1, 0.15) is 27.9 Å². The van der Waals surface area contributed by atoms with Gasteiger partial charge in [0, 0.05) is 25.7 Å². The number of alkyl halides is 3. The summed E-state index contributed by atoms with van der Waals surface area (Å²) in [6.45, 7) is 1.65. The summed E-state index contributed by atoms with van der Waals surface area (Å²) in [5, 5.41) is 7.22. The Morgan fingerprint density at radius 2 is 1.86 bits per heavy atom. The van der Waals surface area contributed by atoms with E-state index in [9.17, 15) is 27.6 Å². The van der Waals surface area contributed by atoms with E-state index >= 15 is 0 Å². The predicted octanol–water partition coefficient (Wildman–Crippen LogP) is 2.33. The molecule has 0 unspecified atom stereocenters. The molecule has 1 heterocycles. The maximum Gasteiger partial charge on any atom is 0.416 e. The van der Waals surface area contributed by atoms with Gasteiger partial charge in [0.25, 0.3) is 5.91 Å². The van der Waals surface area contributed by atoms with Crippen LogP contribution in [0.3, 0.4) is 0 Å². The second kappa shape index (κ2) is 11.1. The van der Waals surface area contributed by atoms with Gasteiger partial charge in [-0.2, -0.15) is 13.2 Å². The number of nitrogens with one attached hydrogen (secondary N) is 3. The number of rotatable bonds is 8. The van der Waals surface area contributed by atoms with Crippen LogP contribution < -0.4 is 26.4 Å². The molecule has 9 nitrogen and oxygen atoms in total. The number of hydrogen-bond acceptors (Lipinski definition) is 5. The monoisotopic (exact) mass is 493 g/mol. The number of urea groups is 1. The highest BCUT2D eigenvalue weighted by Gasteiger charge is 2.32. The van der Waals surface area contributed by atoms with Crippen molar-refractivity contribution in [3.05, 3.63) is 59.2 Å². The third kappa shape index (κ3) is 7.34. The fourth-order valence-electron chi connectivity index (χ4n) is 3.77. The highest BCUT2D eigenvalue weighted by Crippen LogP contribution is 2.32. The van der Waals surface area contributed by atoms with E-state index in [-0.39, 0.29) is 11.7 Å². The van der Waals surface area contributed by atoms with E-state index in [1.165, 1.54) is 0 Å². The van der Waals surface area contributed by atoms with Gasteiger partial charge in [0.1, 0.15) is 5.75 Å². The van der Waals surface area contributed by atoms with Crippen LogP contribution in [-0.4, -0.2) is 55.5 Å². The van der Waals surface area contributed by atoms with Gasteiger partial charge in [-0.3, -0.25) is 14.5 Å². The Bertz CT molecular complexity index is 1080. The van der Waals surface area contributed by atoms with Gasteiger partial charge in [-0.25, -0.2) is 4.79 Å². The average Bonchev–Trinajstić information content (AvgIpc) is 3.23. The number of nitrogens with two attached hydrogens (primary N) is 1. The summed E-state index contributed by atoms with van der Waals surface area (Å²) in [5.41, 5.74) is 4.39. The van der Waals surface area contributed by atoms with Crippen molar-refractivity contribution in [3.63, 3.8) is 0 Å². The van der Waals surface area contributed by atoms with Gasteiger partial charge in [0.15, 0.2) is 0 Å². The average molecular weight is 493 g/mol. The Labute approximate surface area is 199 Å². The quantitative estimate of drug-likeness (QED) is 0.449. The molecule has 0 aromatic heterocycles. The van der Waals surface area contributed by atoms with Gasteiger partial charge in [-0.1, -0.05) is 12.1 Å². The summed E-state index contributed by atoms with van der Waals surface area (Å²) in [4.78, 5) is 38.1. The number of methoxy groups -OCH3 is 1. The third-order valence-electron chi connectivity index (χ3n) is 5.46. The number of carbonyl (C=O) groups excluding carboxylic acids is 3. The fourth-order valence-corrected chi connectivity index (χ4v) is 3.77. The van der Waals surface area contributed by atoms with Crippen LogP contribution in [0, 0.1) is 0 Å². The minimum atomic E-state index is -4.70. The molecule has 2 aromatic carbocycles. The number of likely N-dealkylation sites (tertiary alicyclic amines) is 1. The maximum absolute atomic E-state index is 13.1. The number of hydrogen-bond donors (Lipinski definition) is 4. The smallest absolute Gasteiger partial charge is 0.416 e. The van der Waals surface area contributed by atoms with E-state index in [1.807, 2.05) is 24.3 Å². The summed E-state index contributed by atoms with van der Waals surface area (Å²) < 4.78 is 44.3. The Balaban J connectivity index is 1.53. The van der Waals surface area contributed by atoms with Crippen LogP contribution in [0.2, 0.25) is 0 Å². The number of anilines is 1. The highest BCUT2D eigenvalue weighted by molar-refractivity contribution is 6.04. The van der Waals surface area contributed by atoms with E-state index in [1.54, 1.807) is 7.11 Å². The molecule has 2 aromatic rings. The first kappa shape index (κ1) is 25.8. The largest absolute Gasteiger partial charge is 0.497 e. The number of halogens is 3. The maximum atomic E-state index is 13.1. The number of ether oxygens (including phenoxy) is 1. The van der Waals surface area contributed by atoms with Gasteiger partial charge < -0.3 is 26.4 Å². The number of carbonyl (C=O) groups is 3. The minimum Gasteiger partial charge on any atom is -0.497 e. The zero-order chi connectivity index (χ0) is 25.6. The second-order valence-electron chi connectivity index (χ2n) is 8.07. The van der Waals surface area contributed by atoms with Crippen molar-refractivity contribution in [1.82, 2.24) is 15.5 Å². The molecule has 5 N–H and O–H groups in total. The molecular weight excluding hydrogens is 467 g/mol. The summed E-state index contributed by atoms with van der Waals surface area (Å²) in [5.74, 6) is -0.668. The number of amides is 4. The van der Waals surface area contributed by atoms with Crippen LogP contribution in [0.5, 0.6) is 5.75 Å². The Morgan fingerprint density at radius 3 is 2.49 bits per heavy atom. The Kier molecular flexibility index (Phi) is 8.18. The molecule has 0 radical (unpaired) electrons. The van der Waals surface area contributed by atoms with Crippen molar-refractivity contribution in [2.24, 2.45) is 5.73 Å². The van der Waals surface area contributed by atoms with Crippen LogP contribution in [0.4, 0.5) is 23.7 Å². The predicted molar refractivity (Wildman–Crippen MR) is 122 cm³/mol. The lowest BCUT2D eigenvalue weighted by molar-refractivity contribution is -0.137. The lowest BCUT2D eigenvalue weighted by Gasteiger charge is -2.17. The molecule has 35 heavy (non-hydrogen) atoms. The lowest BCUT2D eigenvalue weighted by atomic mass is 10.1. The first-order chi connectivity index (χ1) is 16.5. The van der Waals surface area contributed by atoms with Crippen molar-refractivity contribution >= 4 is 23.5 Å². The number of primary amides is 1. The molecule has 1 aliphatic heterocycles. The summed E-state index contributed by atoms with van der Waals surface area (Å²) in [6, 6.07) is 8.75. The van der Waals surface area contributed by atoms with Crippen LogP contribution in [-0.2, 0) is 17.5 Å². The van der Waals surface area contributed by atoms with E-state index in [0.29, 0.717) is 25.2 Å². The third-order valence-corrected chi connectivity index (χ3v) is 5.46. The van der Waals surface area contributed by atoms with Crippen molar-refractivity contribution in [2.45, 2.75) is 25.2 Å². The summed E-state index contributed by atoms with van der Waals surface area (Å²) >= 11 is 0. The normalized spacial score (nSPS) is 15.9. The standard InChI is InChI=1S/C23H26F3N5O4/c1-35-17-5-2-14(3-6-17)12-31-9-8-16(13-31)29-20(32)11-28-21(33)18-10-15(23(24,25)26)4-7-19(18)30-22(27)34/h2-7,10,16H,8-9,11-13H2,1H3,(H,28,33)(H,29,32)(H3,27,30,34)/t16-/m1/s1. The van der Waals surface area contributed by atoms with Crippen LogP contribution in [0.15, 0.2) is 42.5 Å². The molecule has 12 heteroatoms. The molecule has 1 saturated heterocycles. The van der Waals surface area contributed by atoms with Gasteiger partial charge >= 0.3 is 12.2 Å². The van der Waals surface area contributed by atoms with Crippen molar-refractivity contribution in [1.29, 1.82) is 0 Å². The first-order valence-electron chi connectivity index (χ1n) is 10.8. The molecule has 0 spiro atoms. The topological polar surface area (TPSA) is 126 Å². The molecule has 0 bridgehead atoms. The summed E-state index contributed by atoms with van der Waals surface area (Å²) in [6.07, 6.45) is -3.98. The molecular formula is C23H26F3N5O4. The van der Waals surface area contributed by atoms with Gasteiger partial charge in [-0.15, -0.1) is 0 Å². The minimum absolute atomic E-state index is 0.127. The highest BCUT2D eigenvalue weighted by atomic mass is 19.4. The molecule has 3 rings (SSSR count). The Morgan fingerprint density at radius 1 is 1.14 bits per heavy atom. The van der Waals surface area contributed by atoms with Crippen molar-refractivity contribution < 1.29 is 32.3 Å². The Hall–Kier alpha value is -3.80. The SMILES string of the molecule is COc1ccc(CN2CC[C@@H](NC(=O)CNC(=O)c3cc(C(F)(F)F)ccc3NC(N)=O)C2)cc1. The van der Waals surface area contributed by atoms with Gasteiger partial charge in [0.05, 0.1) is 30.5 Å². The molecule has 1 aliphatic rings. The van der Waals surface area contributed by atoms with Crippen molar-refractivity contribution in [2.75, 3.05) is 32.1 Å². The van der Waals surface area contributed by atoms with E-state index < -0.39 is 41.7 Å². The lowest BCUT2D eigenvalue weighted by Crippen LogP contribution is -2.43. The van der Waals surface area contributed by atoms with Gasteiger partial charge in [-0.05, 0) is 42.3 Å². The van der Waals surface area contributed by atoms with Gasteiger partial charge in [0.2, 0.25) is 5.91 Å². The summed E-state index contributed by atoms with van der Waals surface area (Å²) in [7, 11) is 1.60. The van der Waals surface area contributed by atoms with Crippen molar-refractivity contribution in [3.8, 4) is 5.75 Å². The van der Waals surface area contributed by atoms with E-state index in [0.717, 1.165) is 30.3 Å². The molecule has 1 fully saturated rings. The van der Waals surface area contributed by atoms with E-state index in [2.05, 4.69) is 20.9 Å².